The summed E-state index contributed by atoms with van der Waals surface area (Å²) in [6, 6.07) is 9.93. The number of benzene rings is 1. The van der Waals surface area contributed by atoms with Gasteiger partial charge in [0.15, 0.2) is 12.8 Å². The lowest BCUT2D eigenvalue weighted by Crippen LogP contribution is -2.30. The van der Waals surface area contributed by atoms with Crippen molar-refractivity contribution in [1.29, 1.82) is 0 Å². The predicted molar refractivity (Wildman–Crippen MR) is 75.7 cm³/mol. The molecule has 0 aliphatic rings. The number of anilines is 1. The maximum absolute atomic E-state index is 11.7. The summed E-state index contributed by atoms with van der Waals surface area (Å²) in [5.41, 5.74) is 1.51. The van der Waals surface area contributed by atoms with Crippen molar-refractivity contribution in [2.75, 3.05) is 11.9 Å². The van der Waals surface area contributed by atoms with Crippen molar-refractivity contribution in [1.82, 2.24) is 0 Å². The number of hydrogen-bond acceptors (Lipinski definition) is 3. The van der Waals surface area contributed by atoms with E-state index in [0.717, 1.165) is 5.56 Å². The third-order valence-electron chi connectivity index (χ3n) is 2.60. The number of nitrogens with zero attached hydrogens (tertiary/aromatic N) is 1. The van der Waals surface area contributed by atoms with Gasteiger partial charge in [0.2, 0.25) is 0 Å². The Labute approximate surface area is 121 Å². The van der Waals surface area contributed by atoms with Crippen LogP contribution in [0.3, 0.4) is 0 Å². The van der Waals surface area contributed by atoms with Gasteiger partial charge in [-0.25, -0.2) is 0 Å². The van der Waals surface area contributed by atoms with E-state index in [1.807, 2.05) is 13.0 Å². The van der Waals surface area contributed by atoms with E-state index in [-0.39, 0.29) is 18.4 Å². The molecule has 0 fully saturated rings. The van der Waals surface area contributed by atoms with E-state index in [9.17, 15) is 10.0 Å². The molecule has 2 aromatic rings. The molecule has 6 heteroatoms. The number of hydrogen-bond donors (Lipinski definition) is 1. The van der Waals surface area contributed by atoms with Crippen LogP contribution in [0.25, 0.3) is 0 Å². The van der Waals surface area contributed by atoms with Gasteiger partial charge >= 0.3 is 5.88 Å². The van der Waals surface area contributed by atoms with E-state index in [1.165, 1.54) is 12.3 Å². The molecule has 104 valence electrons. The molecule has 0 radical (unpaired) electrons. The molecule has 0 saturated heterocycles. The maximum Gasteiger partial charge on any atom is 0.379 e. The van der Waals surface area contributed by atoms with Gasteiger partial charge in [0.05, 0.1) is 6.07 Å². The molecule has 1 N–H and O–H groups in total. The first-order chi connectivity index (χ1) is 9.56. The highest BCUT2D eigenvalue weighted by molar-refractivity contribution is 6.31. The number of aromatic nitrogens is 1. The molecule has 0 unspecified atom stereocenters. The van der Waals surface area contributed by atoms with Crippen LogP contribution in [-0.2, 0) is 4.79 Å². The van der Waals surface area contributed by atoms with Crippen molar-refractivity contribution in [3.8, 4) is 5.88 Å². The van der Waals surface area contributed by atoms with Crippen LogP contribution in [0.4, 0.5) is 5.69 Å². The lowest BCUT2D eigenvalue weighted by Gasteiger charge is -2.08. The van der Waals surface area contributed by atoms with E-state index >= 15 is 0 Å². The fourth-order valence-electron chi connectivity index (χ4n) is 1.53. The minimum absolute atomic E-state index is 0.0737. The zero-order valence-electron chi connectivity index (χ0n) is 10.8. The molecule has 0 aliphatic carbocycles. The Balaban J connectivity index is 1.93. The summed E-state index contributed by atoms with van der Waals surface area (Å²) < 4.78 is 5.68. The number of aryl methyl sites for hydroxylation is 1. The molecule has 0 aliphatic heterocycles. The van der Waals surface area contributed by atoms with E-state index in [2.05, 4.69) is 5.32 Å². The van der Waals surface area contributed by atoms with Gasteiger partial charge in [-0.2, -0.15) is 0 Å². The highest BCUT2D eigenvalue weighted by Gasteiger charge is 2.09. The largest absolute Gasteiger partial charge is 0.616 e. The van der Waals surface area contributed by atoms with Gasteiger partial charge in [-0.3, -0.25) is 4.79 Å². The second kappa shape index (κ2) is 6.25. The molecule has 1 aromatic heterocycles. The van der Waals surface area contributed by atoms with Gasteiger partial charge in [-0.15, -0.1) is 4.73 Å². The maximum atomic E-state index is 11.7. The van der Waals surface area contributed by atoms with Crippen LogP contribution >= 0.6 is 11.6 Å². The second-order valence-corrected chi connectivity index (χ2v) is 4.57. The average Bonchev–Trinajstić information content (AvgIpc) is 2.42. The van der Waals surface area contributed by atoms with Gasteiger partial charge in [0.1, 0.15) is 0 Å². The lowest BCUT2D eigenvalue weighted by molar-refractivity contribution is -0.612. The van der Waals surface area contributed by atoms with Crippen LogP contribution in [0.1, 0.15) is 5.56 Å². The Hall–Kier alpha value is -2.27. The van der Waals surface area contributed by atoms with Crippen molar-refractivity contribution in [3.05, 3.63) is 58.4 Å². The fraction of sp³-hybridized carbons (Fsp3) is 0.143. The molecular weight excluding hydrogens is 280 g/mol. The minimum atomic E-state index is -0.367. The van der Waals surface area contributed by atoms with Crippen molar-refractivity contribution < 1.29 is 14.3 Å². The van der Waals surface area contributed by atoms with E-state index in [0.29, 0.717) is 15.4 Å². The summed E-state index contributed by atoms with van der Waals surface area (Å²) in [6.45, 7) is 1.62. The number of amides is 1. The van der Waals surface area contributed by atoms with Crippen LogP contribution in [0.2, 0.25) is 5.02 Å². The Morgan fingerprint density at radius 3 is 2.90 bits per heavy atom. The standard InChI is InChI=1S/C14H13ClN2O3/c1-10-5-6-11(8-12(10)15)16-13(18)9-20-14-4-2-3-7-17(14)19/h2-8H,9H2,1H3,(H,16,18). The van der Waals surface area contributed by atoms with Gasteiger partial charge in [-0.1, -0.05) is 17.7 Å². The molecule has 5 nitrogen and oxygen atoms in total. The number of rotatable bonds is 4. The Morgan fingerprint density at radius 2 is 2.20 bits per heavy atom. The number of pyridine rings is 1. The van der Waals surface area contributed by atoms with Crippen molar-refractivity contribution in [2.45, 2.75) is 6.92 Å². The SMILES string of the molecule is Cc1ccc(NC(=O)COc2cccc[n+]2[O-])cc1Cl. The molecule has 0 saturated carbocycles. The molecule has 1 aromatic carbocycles. The number of halogens is 1. The number of carbonyl (C=O) groups is 1. The van der Waals surface area contributed by atoms with E-state index in [4.69, 9.17) is 16.3 Å². The number of nitrogens with one attached hydrogen (secondary N) is 1. The zero-order chi connectivity index (χ0) is 14.5. The van der Waals surface area contributed by atoms with Crippen LogP contribution in [0, 0.1) is 12.1 Å². The Kier molecular flexibility index (Phi) is 4.42. The molecular formula is C14H13ClN2O3. The normalized spacial score (nSPS) is 10.1. The quantitative estimate of drug-likeness (QED) is 0.694. The molecule has 2 rings (SSSR count). The summed E-state index contributed by atoms with van der Waals surface area (Å²) in [6.07, 6.45) is 1.30. The average molecular weight is 293 g/mol. The van der Waals surface area contributed by atoms with Crippen molar-refractivity contribution in [3.63, 3.8) is 0 Å². The Morgan fingerprint density at radius 1 is 1.40 bits per heavy atom. The summed E-state index contributed by atoms with van der Waals surface area (Å²) in [7, 11) is 0. The Bertz CT molecular complexity index is 632. The molecule has 1 heterocycles. The van der Waals surface area contributed by atoms with E-state index in [1.54, 1.807) is 24.3 Å². The van der Waals surface area contributed by atoms with Crippen LogP contribution < -0.4 is 14.8 Å². The fourth-order valence-corrected chi connectivity index (χ4v) is 1.71. The minimum Gasteiger partial charge on any atom is -0.616 e. The highest BCUT2D eigenvalue weighted by atomic mass is 35.5. The zero-order valence-corrected chi connectivity index (χ0v) is 11.6. The van der Waals surface area contributed by atoms with Crippen molar-refractivity contribution >= 4 is 23.2 Å². The predicted octanol–water partition coefficient (Wildman–Crippen LogP) is 2.30. The summed E-state index contributed by atoms with van der Waals surface area (Å²) >= 11 is 5.96. The third kappa shape index (κ3) is 3.61. The molecule has 20 heavy (non-hydrogen) atoms. The second-order valence-electron chi connectivity index (χ2n) is 4.17. The lowest BCUT2D eigenvalue weighted by atomic mass is 10.2. The van der Waals surface area contributed by atoms with Gasteiger partial charge in [-0.05, 0) is 30.7 Å². The van der Waals surface area contributed by atoms with Crippen LogP contribution in [0.5, 0.6) is 5.88 Å². The molecule has 0 atom stereocenters. The summed E-state index contributed by atoms with van der Waals surface area (Å²) in [4.78, 5) is 11.7. The first kappa shape index (κ1) is 14.1. The van der Waals surface area contributed by atoms with Crippen LogP contribution in [0.15, 0.2) is 42.6 Å². The first-order valence-electron chi connectivity index (χ1n) is 5.93. The first-order valence-corrected chi connectivity index (χ1v) is 6.31. The molecule has 0 spiro atoms. The van der Waals surface area contributed by atoms with E-state index < -0.39 is 0 Å². The molecule has 0 bridgehead atoms. The smallest absolute Gasteiger partial charge is 0.379 e. The van der Waals surface area contributed by atoms with Gasteiger partial charge in [0, 0.05) is 16.8 Å². The van der Waals surface area contributed by atoms with Gasteiger partial charge < -0.3 is 15.3 Å². The molecule has 1 amide bonds. The van der Waals surface area contributed by atoms with Gasteiger partial charge in [0.25, 0.3) is 5.91 Å². The number of ether oxygens (including phenoxy) is 1. The van der Waals surface area contributed by atoms with Crippen molar-refractivity contribution in [2.24, 2.45) is 0 Å². The topological polar surface area (TPSA) is 65.3 Å². The highest BCUT2D eigenvalue weighted by Crippen LogP contribution is 2.19. The summed E-state index contributed by atoms with van der Waals surface area (Å²) in [5, 5.41) is 14.5. The third-order valence-corrected chi connectivity index (χ3v) is 3.00. The number of carbonyl (C=O) groups excluding carboxylic acids is 1. The van der Waals surface area contributed by atoms with Crippen LogP contribution in [-0.4, -0.2) is 12.5 Å². The summed E-state index contributed by atoms with van der Waals surface area (Å²) in [5.74, 6) is -0.293. The monoisotopic (exact) mass is 292 g/mol.